The summed E-state index contributed by atoms with van der Waals surface area (Å²) in [5.41, 5.74) is 2.08. The highest BCUT2D eigenvalue weighted by atomic mass is 32.2. The van der Waals surface area contributed by atoms with Gasteiger partial charge in [0, 0.05) is 45.5 Å². The van der Waals surface area contributed by atoms with Crippen molar-refractivity contribution in [2.45, 2.75) is 18.4 Å². The molecule has 0 radical (unpaired) electrons. The zero-order valence-electron chi connectivity index (χ0n) is 14.6. The Hall–Kier alpha value is -2.45. The second-order valence-corrected chi connectivity index (χ2v) is 8.04. The van der Waals surface area contributed by atoms with Gasteiger partial charge >= 0.3 is 0 Å². The molecule has 0 aliphatic rings. The van der Waals surface area contributed by atoms with Crippen molar-refractivity contribution in [3.8, 4) is 0 Å². The number of rotatable bonds is 6. The first-order chi connectivity index (χ1) is 11.6. The largest absolute Gasteiger partial charge is 0.378 e. The van der Waals surface area contributed by atoms with Crippen molar-refractivity contribution in [1.82, 2.24) is 4.31 Å². The van der Waals surface area contributed by atoms with Crippen LogP contribution in [-0.4, -0.2) is 38.8 Å². The second kappa shape index (κ2) is 7.20. The van der Waals surface area contributed by atoms with Gasteiger partial charge in [0.2, 0.25) is 10.0 Å². The van der Waals surface area contributed by atoms with E-state index in [1.165, 1.54) is 23.5 Å². The van der Waals surface area contributed by atoms with E-state index in [0.717, 1.165) is 17.3 Å². The smallest absolute Gasteiger partial charge is 0.270 e. The fraction of sp³-hybridized carbons (Fsp3) is 0.294. The molecule has 0 aromatic heterocycles. The topological polar surface area (TPSA) is 83.8 Å². The Morgan fingerprint density at radius 1 is 1.04 bits per heavy atom. The van der Waals surface area contributed by atoms with Gasteiger partial charge in [-0.05, 0) is 30.2 Å². The molecule has 0 spiro atoms. The third-order valence-corrected chi connectivity index (χ3v) is 5.87. The highest BCUT2D eigenvalue weighted by Crippen LogP contribution is 2.25. The van der Waals surface area contributed by atoms with Gasteiger partial charge in [0.15, 0.2) is 0 Å². The maximum absolute atomic E-state index is 12.8. The maximum Gasteiger partial charge on any atom is 0.270 e. The van der Waals surface area contributed by atoms with Crippen molar-refractivity contribution in [2.75, 3.05) is 26.0 Å². The highest BCUT2D eigenvalue weighted by Gasteiger charge is 2.25. The molecule has 7 nitrogen and oxygen atoms in total. The van der Waals surface area contributed by atoms with Gasteiger partial charge in [0.05, 0.1) is 9.82 Å². The molecule has 0 saturated heterocycles. The van der Waals surface area contributed by atoms with E-state index in [-0.39, 0.29) is 17.1 Å². The van der Waals surface area contributed by atoms with E-state index in [0.29, 0.717) is 5.56 Å². The van der Waals surface area contributed by atoms with Crippen LogP contribution in [0.1, 0.15) is 11.1 Å². The summed E-state index contributed by atoms with van der Waals surface area (Å²) in [6.07, 6.45) is 0. The van der Waals surface area contributed by atoms with Crippen LogP contribution < -0.4 is 4.90 Å². The molecule has 0 amide bonds. The summed E-state index contributed by atoms with van der Waals surface area (Å²) in [5.74, 6) is 0. The number of non-ortho nitro benzene ring substituents is 1. The summed E-state index contributed by atoms with van der Waals surface area (Å²) in [6.45, 7) is 1.80. The Morgan fingerprint density at radius 3 is 2.16 bits per heavy atom. The molecule has 0 heterocycles. The van der Waals surface area contributed by atoms with E-state index in [1.807, 2.05) is 43.3 Å². The zero-order valence-corrected chi connectivity index (χ0v) is 15.4. The summed E-state index contributed by atoms with van der Waals surface area (Å²) in [5, 5.41) is 10.9. The molecule has 0 aliphatic carbocycles. The predicted molar refractivity (Wildman–Crippen MR) is 97.3 cm³/mol. The number of hydrogen-bond acceptors (Lipinski definition) is 5. The van der Waals surface area contributed by atoms with Gasteiger partial charge in [-0.3, -0.25) is 10.1 Å². The average Bonchev–Trinajstić information content (AvgIpc) is 2.55. The summed E-state index contributed by atoms with van der Waals surface area (Å²) < 4.78 is 26.8. The van der Waals surface area contributed by atoms with Gasteiger partial charge in [-0.1, -0.05) is 18.2 Å². The van der Waals surface area contributed by atoms with Crippen LogP contribution in [0.3, 0.4) is 0 Å². The minimum atomic E-state index is -3.83. The number of sulfonamides is 1. The minimum absolute atomic E-state index is 0.0471. The third kappa shape index (κ3) is 4.15. The van der Waals surface area contributed by atoms with Gasteiger partial charge in [-0.2, -0.15) is 4.31 Å². The van der Waals surface area contributed by atoms with E-state index >= 15 is 0 Å². The fourth-order valence-electron chi connectivity index (χ4n) is 2.39. The molecule has 0 N–H and O–H groups in total. The zero-order chi connectivity index (χ0) is 18.8. The molecule has 0 bridgehead atoms. The minimum Gasteiger partial charge on any atom is -0.378 e. The van der Waals surface area contributed by atoms with Gasteiger partial charge in [0.1, 0.15) is 0 Å². The molecule has 0 fully saturated rings. The van der Waals surface area contributed by atoms with E-state index in [9.17, 15) is 18.5 Å². The van der Waals surface area contributed by atoms with Gasteiger partial charge in [-0.25, -0.2) is 8.42 Å². The maximum atomic E-state index is 12.8. The molecular formula is C17H21N3O4S. The number of nitro groups is 1. The Kier molecular flexibility index (Phi) is 5.44. The number of nitro benzene ring substituents is 1. The van der Waals surface area contributed by atoms with Crippen molar-refractivity contribution in [3.05, 3.63) is 63.7 Å². The Bertz CT molecular complexity index is 877. The van der Waals surface area contributed by atoms with E-state index in [1.54, 1.807) is 6.92 Å². The number of benzene rings is 2. The van der Waals surface area contributed by atoms with E-state index in [2.05, 4.69) is 0 Å². The van der Waals surface area contributed by atoms with Gasteiger partial charge in [0.25, 0.3) is 5.69 Å². The summed E-state index contributed by atoms with van der Waals surface area (Å²) in [7, 11) is 1.49. The lowest BCUT2D eigenvalue weighted by Crippen LogP contribution is -2.27. The molecule has 8 heteroatoms. The molecule has 2 rings (SSSR count). The van der Waals surface area contributed by atoms with Gasteiger partial charge < -0.3 is 4.90 Å². The molecular weight excluding hydrogens is 342 g/mol. The standard InChI is InChI=1S/C17H21N3O4S/c1-13-5-8-16(20(21)22)11-17(13)25(23,24)19(4)12-14-6-9-15(10-7-14)18(2)3/h5-11H,12H2,1-4H3. The molecule has 0 atom stereocenters. The molecule has 0 aliphatic heterocycles. The normalized spacial score (nSPS) is 11.6. The monoisotopic (exact) mass is 363 g/mol. The second-order valence-electron chi connectivity index (χ2n) is 6.03. The van der Waals surface area contributed by atoms with Crippen molar-refractivity contribution < 1.29 is 13.3 Å². The molecule has 0 saturated carbocycles. The lowest BCUT2D eigenvalue weighted by molar-refractivity contribution is -0.385. The number of hydrogen-bond donors (Lipinski definition) is 0. The van der Waals surface area contributed by atoms with Crippen LogP contribution in [-0.2, 0) is 16.6 Å². The Balaban J connectivity index is 2.30. The van der Waals surface area contributed by atoms with Crippen molar-refractivity contribution in [1.29, 1.82) is 0 Å². The lowest BCUT2D eigenvalue weighted by Gasteiger charge is -2.19. The number of aryl methyl sites for hydroxylation is 1. The lowest BCUT2D eigenvalue weighted by atomic mass is 10.2. The fourth-order valence-corrected chi connectivity index (χ4v) is 3.79. The quantitative estimate of drug-likeness (QED) is 0.582. The SMILES string of the molecule is Cc1ccc([N+](=O)[O-])cc1S(=O)(=O)N(C)Cc1ccc(N(C)C)cc1. The van der Waals surface area contributed by atoms with Crippen LogP contribution in [0.25, 0.3) is 0 Å². The summed E-state index contributed by atoms with van der Waals surface area (Å²) in [6, 6.07) is 11.4. The van der Waals surface area contributed by atoms with Crippen molar-refractivity contribution >= 4 is 21.4 Å². The molecule has 0 unspecified atom stereocenters. The van der Waals surface area contributed by atoms with Crippen LogP contribution in [0.4, 0.5) is 11.4 Å². The highest BCUT2D eigenvalue weighted by molar-refractivity contribution is 7.89. The molecule has 134 valence electrons. The van der Waals surface area contributed by atoms with Crippen molar-refractivity contribution in [3.63, 3.8) is 0 Å². The van der Waals surface area contributed by atoms with Crippen LogP contribution in [0.2, 0.25) is 0 Å². The average molecular weight is 363 g/mol. The Morgan fingerprint density at radius 2 is 1.64 bits per heavy atom. The van der Waals surface area contributed by atoms with Crippen LogP contribution in [0, 0.1) is 17.0 Å². The molecule has 2 aromatic carbocycles. The summed E-state index contributed by atoms with van der Waals surface area (Å²) in [4.78, 5) is 12.2. The summed E-state index contributed by atoms with van der Waals surface area (Å²) >= 11 is 0. The molecule has 25 heavy (non-hydrogen) atoms. The van der Waals surface area contributed by atoms with Crippen LogP contribution in [0.5, 0.6) is 0 Å². The van der Waals surface area contributed by atoms with Gasteiger partial charge in [-0.15, -0.1) is 0 Å². The first kappa shape index (κ1) is 18.9. The number of nitrogens with zero attached hydrogens (tertiary/aromatic N) is 3. The first-order valence-corrected chi connectivity index (χ1v) is 9.04. The predicted octanol–water partition coefficient (Wildman–Crippen LogP) is 2.79. The van der Waals surface area contributed by atoms with Crippen molar-refractivity contribution in [2.24, 2.45) is 0 Å². The first-order valence-electron chi connectivity index (χ1n) is 7.60. The molecule has 2 aromatic rings. The number of anilines is 1. The van der Waals surface area contributed by atoms with E-state index < -0.39 is 14.9 Å². The van der Waals surface area contributed by atoms with Crippen LogP contribution >= 0.6 is 0 Å². The van der Waals surface area contributed by atoms with E-state index in [4.69, 9.17) is 0 Å². The Labute approximate surface area is 147 Å². The van der Waals surface area contributed by atoms with Crippen LogP contribution in [0.15, 0.2) is 47.4 Å². The third-order valence-electron chi connectivity index (χ3n) is 3.93.